The molecule has 0 aliphatic carbocycles. The van der Waals surface area contributed by atoms with E-state index in [1.54, 1.807) is 60.1 Å². The topological polar surface area (TPSA) is 137 Å². The van der Waals surface area contributed by atoms with Crippen molar-refractivity contribution >= 4 is 34.4 Å². The number of benzene rings is 1. The van der Waals surface area contributed by atoms with Crippen molar-refractivity contribution in [2.45, 2.75) is 13.5 Å². The largest absolute Gasteiger partial charge is 0.395 e. The highest BCUT2D eigenvalue weighted by molar-refractivity contribution is 5.98. The number of aryl methyl sites for hydroxylation is 1. The molecule has 11 nitrogen and oxygen atoms in total. The molecule has 1 aromatic carbocycles. The second-order valence-corrected chi connectivity index (χ2v) is 9.62. The third-order valence-electron chi connectivity index (χ3n) is 6.77. The first-order valence-electron chi connectivity index (χ1n) is 13.1. The van der Waals surface area contributed by atoms with Crippen LogP contribution < -0.4 is 15.6 Å². The van der Waals surface area contributed by atoms with E-state index in [1.165, 1.54) is 0 Å². The summed E-state index contributed by atoms with van der Waals surface area (Å²) in [5.41, 5.74) is 10.5. The maximum atomic E-state index is 13.9. The molecule has 3 N–H and O–H groups in total. The van der Waals surface area contributed by atoms with Gasteiger partial charge in [-0.25, -0.2) is 24.9 Å². The number of likely N-dealkylation sites (N-methyl/N-ethyl adjacent to an activating group) is 1. The molecular formula is C30H31N9O2. The Bertz CT molecular complexity index is 1650. The van der Waals surface area contributed by atoms with Gasteiger partial charge >= 0.3 is 0 Å². The molecule has 11 heteroatoms. The smallest absolute Gasteiger partial charge is 0.272 e. The fourth-order valence-electron chi connectivity index (χ4n) is 4.35. The molecule has 0 saturated carbocycles. The molecule has 0 atom stereocenters. The Morgan fingerprint density at radius 2 is 1.66 bits per heavy atom. The number of aromatic nitrogens is 5. The second-order valence-electron chi connectivity index (χ2n) is 9.62. The Hall–Kier alpha value is -5.16. The van der Waals surface area contributed by atoms with Crippen LogP contribution in [0.1, 0.15) is 21.6 Å². The Morgan fingerprint density at radius 1 is 0.927 bits per heavy atom. The first-order valence-corrected chi connectivity index (χ1v) is 13.1. The highest BCUT2D eigenvalue weighted by Gasteiger charge is 2.24. The molecule has 4 aromatic heterocycles. The molecule has 0 fully saturated rings. The van der Waals surface area contributed by atoms with Crippen molar-refractivity contribution in [2.75, 3.05) is 42.9 Å². The lowest BCUT2D eigenvalue weighted by molar-refractivity contribution is 0.0727. The van der Waals surface area contributed by atoms with Gasteiger partial charge in [-0.15, -0.1) is 0 Å². The average Bonchev–Trinajstić information content (AvgIpc) is 3.00. The zero-order chi connectivity index (χ0) is 28.9. The number of nitrogen functional groups attached to an aromatic ring is 1. The monoisotopic (exact) mass is 549 g/mol. The lowest BCUT2D eigenvalue weighted by atomic mass is 10.1. The van der Waals surface area contributed by atoms with Crippen molar-refractivity contribution in [3.05, 3.63) is 96.2 Å². The molecule has 5 rings (SSSR count). The van der Waals surface area contributed by atoms with Crippen molar-refractivity contribution in [2.24, 2.45) is 0 Å². The molecular weight excluding hydrogens is 518 g/mol. The molecule has 0 spiro atoms. The van der Waals surface area contributed by atoms with Crippen LogP contribution >= 0.6 is 0 Å². The molecule has 0 radical (unpaired) electrons. The summed E-state index contributed by atoms with van der Waals surface area (Å²) < 4.78 is 0. The number of anilines is 3. The lowest BCUT2D eigenvalue weighted by Gasteiger charge is -2.31. The van der Waals surface area contributed by atoms with Crippen LogP contribution in [0.15, 0.2) is 79.4 Å². The minimum absolute atomic E-state index is 0.0588. The van der Waals surface area contributed by atoms with Gasteiger partial charge in [-0.3, -0.25) is 14.8 Å². The van der Waals surface area contributed by atoms with E-state index in [9.17, 15) is 4.79 Å². The number of aliphatic hydroxyl groups excluding tert-OH is 1. The number of hydrogen-bond acceptors (Lipinski definition) is 10. The van der Waals surface area contributed by atoms with Crippen LogP contribution in [0, 0.1) is 6.92 Å². The third-order valence-corrected chi connectivity index (χ3v) is 6.77. The van der Waals surface area contributed by atoms with Crippen LogP contribution in [0.5, 0.6) is 0 Å². The number of carbonyl (C=O) groups excluding carboxylic acids is 1. The van der Waals surface area contributed by atoms with E-state index in [-0.39, 0.29) is 19.1 Å². The minimum atomic E-state index is -0.242. The minimum Gasteiger partial charge on any atom is -0.395 e. The number of aliphatic hydroxyl groups is 1. The lowest BCUT2D eigenvalue weighted by Crippen LogP contribution is -2.45. The standard InChI is InChI=1S/C30H31N9O2/c1-20-15-24-16-21(6-9-26(24)36-28(20)31)29(41)39(38(3)30-32-11-4-12-33-30)19-25-8-5-22(17-34-25)23-7-10-27(35-18-23)37(2)13-14-40/h4-12,15-18,40H,13-14,19H2,1-3H3,(H2,31,36). The van der Waals surface area contributed by atoms with Gasteiger partial charge in [0, 0.05) is 67.5 Å². The van der Waals surface area contributed by atoms with Crippen LogP contribution in [-0.4, -0.2) is 68.2 Å². The normalized spacial score (nSPS) is 10.9. The van der Waals surface area contributed by atoms with E-state index in [4.69, 9.17) is 10.8 Å². The van der Waals surface area contributed by atoms with Gasteiger partial charge in [0.1, 0.15) is 11.6 Å². The number of carbonyl (C=O) groups is 1. The van der Waals surface area contributed by atoms with E-state index < -0.39 is 0 Å². The van der Waals surface area contributed by atoms with Crippen molar-refractivity contribution in [1.82, 2.24) is 29.9 Å². The van der Waals surface area contributed by atoms with E-state index in [2.05, 4.69) is 24.9 Å². The highest BCUT2D eigenvalue weighted by atomic mass is 16.3. The first kappa shape index (κ1) is 27.4. The SMILES string of the molecule is Cc1cc2cc(C(=O)N(Cc3ccc(-c4ccc(N(C)CCO)nc4)cn3)N(C)c3ncccn3)ccc2nc1N. The zero-order valence-corrected chi connectivity index (χ0v) is 23.1. The Balaban J connectivity index is 1.42. The molecule has 0 aliphatic heterocycles. The van der Waals surface area contributed by atoms with Crippen molar-refractivity contribution in [1.29, 1.82) is 0 Å². The molecule has 0 aliphatic rings. The number of fused-ring (bicyclic) bond motifs is 1. The predicted molar refractivity (Wildman–Crippen MR) is 159 cm³/mol. The number of nitrogens with two attached hydrogens (primary N) is 1. The summed E-state index contributed by atoms with van der Waals surface area (Å²) in [5, 5.41) is 13.2. The molecule has 4 heterocycles. The number of pyridine rings is 3. The molecule has 41 heavy (non-hydrogen) atoms. The van der Waals surface area contributed by atoms with E-state index in [1.807, 2.05) is 55.3 Å². The van der Waals surface area contributed by atoms with Crippen molar-refractivity contribution < 1.29 is 9.90 Å². The van der Waals surface area contributed by atoms with Gasteiger partial charge in [-0.05, 0) is 61.0 Å². The Kier molecular flexibility index (Phi) is 7.97. The number of amides is 1. The van der Waals surface area contributed by atoms with Gasteiger partial charge in [-0.1, -0.05) is 6.07 Å². The third kappa shape index (κ3) is 6.04. The van der Waals surface area contributed by atoms with Gasteiger partial charge in [-0.2, -0.15) is 0 Å². The van der Waals surface area contributed by atoms with Crippen LogP contribution in [-0.2, 0) is 6.54 Å². The van der Waals surface area contributed by atoms with Crippen LogP contribution in [0.4, 0.5) is 17.6 Å². The molecule has 1 amide bonds. The summed E-state index contributed by atoms with van der Waals surface area (Å²) in [5.74, 6) is 1.38. The van der Waals surface area contributed by atoms with Gasteiger partial charge in [0.2, 0.25) is 5.95 Å². The van der Waals surface area contributed by atoms with Gasteiger partial charge in [0.15, 0.2) is 0 Å². The maximum Gasteiger partial charge on any atom is 0.272 e. The highest BCUT2D eigenvalue weighted by Crippen LogP contribution is 2.23. The van der Waals surface area contributed by atoms with E-state index in [0.717, 1.165) is 33.4 Å². The Morgan fingerprint density at radius 3 is 2.32 bits per heavy atom. The summed E-state index contributed by atoms with van der Waals surface area (Å²) in [6.45, 7) is 2.64. The molecule has 0 saturated heterocycles. The van der Waals surface area contributed by atoms with Crippen LogP contribution in [0.2, 0.25) is 0 Å². The quantitative estimate of drug-likeness (QED) is 0.263. The first-order chi connectivity index (χ1) is 19.8. The van der Waals surface area contributed by atoms with Crippen molar-refractivity contribution in [3.63, 3.8) is 0 Å². The van der Waals surface area contributed by atoms with Gasteiger partial charge < -0.3 is 15.7 Å². The zero-order valence-electron chi connectivity index (χ0n) is 23.1. The summed E-state index contributed by atoms with van der Waals surface area (Å²) in [6.07, 6.45) is 6.80. The van der Waals surface area contributed by atoms with Gasteiger partial charge in [0.25, 0.3) is 5.91 Å². The number of hydrogen-bond donors (Lipinski definition) is 2. The average molecular weight is 550 g/mol. The molecule has 0 unspecified atom stereocenters. The molecule has 208 valence electrons. The second kappa shape index (κ2) is 11.9. The van der Waals surface area contributed by atoms with E-state index in [0.29, 0.717) is 29.6 Å². The van der Waals surface area contributed by atoms with Crippen LogP contribution in [0.3, 0.4) is 0 Å². The summed E-state index contributed by atoms with van der Waals surface area (Å²) in [6, 6.07) is 16.7. The fraction of sp³-hybridized carbons (Fsp3) is 0.200. The summed E-state index contributed by atoms with van der Waals surface area (Å²) >= 11 is 0. The molecule has 5 aromatic rings. The Labute approximate surface area is 237 Å². The molecule has 0 bridgehead atoms. The van der Waals surface area contributed by atoms with Gasteiger partial charge in [0.05, 0.1) is 24.4 Å². The number of rotatable bonds is 9. The summed E-state index contributed by atoms with van der Waals surface area (Å²) in [7, 11) is 3.63. The summed E-state index contributed by atoms with van der Waals surface area (Å²) in [4.78, 5) is 38.0. The maximum absolute atomic E-state index is 13.9. The number of nitrogens with zero attached hydrogens (tertiary/aromatic N) is 8. The van der Waals surface area contributed by atoms with Crippen molar-refractivity contribution in [3.8, 4) is 11.1 Å². The number of hydrazine groups is 1. The van der Waals surface area contributed by atoms with E-state index >= 15 is 0 Å². The fourth-order valence-corrected chi connectivity index (χ4v) is 4.35. The van der Waals surface area contributed by atoms with Crippen LogP contribution in [0.25, 0.3) is 22.0 Å². The predicted octanol–water partition coefficient (Wildman–Crippen LogP) is 3.49.